The van der Waals surface area contributed by atoms with Gasteiger partial charge in [-0.05, 0) is 61.7 Å². The molecule has 6 heteroatoms. The lowest BCUT2D eigenvalue weighted by Gasteiger charge is -2.44. The van der Waals surface area contributed by atoms with Gasteiger partial charge in [0.15, 0.2) is 0 Å². The summed E-state index contributed by atoms with van der Waals surface area (Å²) >= 11 is 0. The van der Waals surface area contributed by atoms with Crippen LogP contribution in [0.1, 0.15) is 44.6 Å². The summed E-state index contributed by atoms with van der Waals surface area (Å²) in [6.45, 7) is 6.52. The van der Waals surface area contributed by atoms with Gasteiger partial charge in [0, 0.05) is 38.3 Å². The number of sulfone groups is 1. The van der Waals surface area contributed by atoms with Crippen molar-refractivity contribution in [3.63, 3.8) is 0 Å². The first-order chi connectivity index (χ1) is 15.0. The molecule has 2 aliphatic rings. The summed E-state index contributed by atoms with van der Waals surface area (Å²) < 4.78 is 31.0. The van der Waals surface area contributed by atoms with Crippen LogP contribution in [0.25, 0.3) is 0 Å². The van der Waals surface area contributed by atoms with Gasteiger partial charge in [0.05, 0.1) is 16.9 Å². The van der Waals surface area contributed by atoms with Gasteiger partial charge in [-0.25, -0.2) is 8.42 Å². The molecule has 2 aromatic carbocycles. The first-order valence-corrected chi connectivity index (χ1v) is 12.9. The van der Waals surface area contributed by atoms with E-state index < -0.39 is 9.84 Å². The Hall–Kier alpha value is -1.89. The number of piperazine rings is 1. The van der Waals surface area contributed by atoms with E-state index in [1.807, 2.05) is 12.1 Å². The van der Waals surface area contributed by atoms with Crippen LogP contribution in [-0.2, 0) is 16.4 Å². The molecule has 0 amide bonds. The van der Waals surface area contributed by atoms with Gasteiger partial charge in [-0.1, -0.05) is 31.4 Å². The quantitative estimate of drug-likeness (QED) is 0.665. The average Bonchev–Trinajstić information content (AvgIpc) is 2.81. The maximum atomic E-state index is 12.9. The molecule has 5 nitrogen and oxygen atoms in total. The summed E-state index contributed by atoms with van der Waals surface area (Å²) in [6, 6.07) is 15.2. The van der Waals surface area contributed by atoms with Crippen LogP contribution in [0.4, 0.5) is 0 Å². The second kappa shape index (κ2) is 9.72. The lowest BCUT2D eigenvalue weighted by Crippen LogP contribution is -2.54. The van der Waals surface area contributed by atoms with Crippen molar-refractivity contribution in [3.05, 3.63) is 54.1 Å². The summed E-state index contributed by atoms with van der Waals surface area (Å²) in [5.74, 6) is 0.645. The van der Waals surface area contributed by atoms with E-state index in [0.29, 0.717) is 16.7 Å². The number of nitrogens with zero attached hydrogens (tertiary/aromatic N) is 2. The van der Waals surface area contributed by atoms with Crippen LogP contribution >= 0.6 is 0 Å². The number of hydrogen-bond acceptors (Lipinski definition) is 5. The summed E-state index contributed by atoms with van der Waals surface area (Å²) in [6.07, 6.45) is 6.87. The average molecular weight is 443 g/mol. The molecule has 0 bridgehead atoms. The normalized spacial score (nSPS) is 21.8. The SMILES string of the molecule is COc1ccc(S(=O)(=O)c2ccc(CN3CCN(C4CCCCC4)C[C@H]3C)cc2)cc1. The van der Waals surface area contributed by atoms with Crippen molar-refractivity contribution < 1.29 is 13.2 Å². The zero-order valence-electron chi connectivity index (χ0n) is 18.7. The standard InChI is InChI=1S/C25H34N2O3S/c1-20-18-27(22-6-4-3-5-7-22)17-16-26(20)19-21-8-12-24(13-9-21)31(28,29)25-14-10-23(30-2)11-15-25/h8-15,20,22H,3-7,16-19H2,1-2H3/t20-/m1/s1. The van der Waals surface area contributed by atoms with Gasteiger partial charge in [0.2, 0.25) is 9.84 Å². The fraction of sp³-hybridized carbons (Fsp3) is 0.520. The first-order valence-electron chi connectivity index (χ1n) is 11.4. The van der Waals surface area contributed by atoms with Crippen LogP contribution in [0.3, 0.4) is 0 Å². The largest absolute Gasteiger partial charge is 0.497 e. The smallest absolute Gasteiger partial charge is 0.206 e. The minimum absolute atomic E-state index is 0.286. The van der Waals surface area contributed by atoms with Gasteiger partial charge in [-0.15, -0.1) is 0 Å². The molecule has 1 saturated heterocycles. The highest BCUT2D eigenvalue weighted by Crippen LogP contribution is 2.26. The van der Waals surface area contributed by atoms with Crippen molar-refractivity contribution in [1.29, 1.82) is 0 Å². The van der Waals surface area contributed by atoms with Crippen LogP contribution in [0, 0.1) is 0 Å². The van der Waals surface area contributed by atoms with Gasteiger partial charge in [0.1, 0.15) is 5.75 Å². The van der Waals surface area contributed by atoms with Crippen LogP contribution in [0.5, 0.6) is 5.75 Å². The molecular formula is C25H34N2O3S. The van der Waals surface area contributed by atoms with Crippen LogP contribution in [0.2, 0.25) is 0 Å². The van der Waals surface area contributed by atoms with E-state index in [-0.39, 0.29) is 4.90 Å². The predicted molar refractivity (Wildman–Crippen MR) is 123 cm³/mol. The Balaban J connectivity index is 1.38. The van der Waals surface area contributed by atoms with E-state index in [1.165, 1.54) is 32.1 Å². The molecule has 1 atom stereocenters. The van der Waals surface area contributed by atoms with E-state index in [2.05, 4.69) is 16.7 Å². The van der Waals surface area contributed by atoms with Crippen molar-refractivity contribution in [2.24, 2.45) is 0 Å². The number of hydrogen-bond donors (Lipinski definition) is 0. The van der Waals surface area contributed by atoms with E-state index in [4.69, 9.17) is 4.74 Å². The highest BCUT2D eigenvalue weighted by atomic mass is 32.2. The Morgan fingerprint density at radius 1 is 0.903 bits per heavy atom. The minimum Gasteiger partial charge on any atom is -0.497 e. The van der Waals surface area contributed by atoms with Gasteiger partial charge in [-0.2, -0.15) is 0 Å². The van der Waals surface area contributed by atoms with Crippen LogP contribution in [-0.4, -0.2) is 57.0 Å². The third-order valence-electron chi connectivity index (χ3n) is 6.88. The topological polar surface area (TPSA) is 49.9 Å². The molecule has 1 saturated carbocycles. The van der Waals surface area contributed by atoms with Crippen molar-refractivity contribution in [2.45, 2.75) is 67.4 Å². The lowest BCUT2D eigenvalue weighted by molar-refractivity contribution is 0.0391. The van der Waals surface area contributed by atoms with Gasteiger partial charge >= 0.3 is 0 Å². The van der Waals surface area contributed by atoms with E-state index in [0.717, 1.165) is 37.8 Å². The lowest BCUT2D eigenvalue weighted by atomic mass is 9.93. The Morgan fingerprint density at radius 2 is 1.52 bits per heavy atom. The zero-order valence-corrected chi connectivity index (χ0v) is 19.5. The summed E-state index contributed by atoms with van der Waals surface area (Å²) in [4.78, 5) is 5.84. The van der Waals surface area contributed by atoms with Crippen molar-refractivity contribution >= 4 is 9.84 Å². The van der Waals surface area contributed by atoms with Crippen LogP contribution < -0.4 is 4.74 Å². The van der Waals surface area contributed by atoms with Crippen molar-refractivity contribution in [3.8, 4) is 5.75 Å². The number of methoxy groups -OCH3 is 1. The summed E-state index contributed by atoms with van der Waals surface area (Å²) in [5.41, 5.74) is 1.16. The Kier molecular flexibility index (Phi) is 6.99. The van der Waals surface area contributed by atoms with Gasteiger partial charge in [-0.3, -0.25) is 9.80 Å². The number of ether oxygens (including phenoxy) is 1. The van der Waals surface area contributed by atoms with E-state index >= 15 is 0 Å². The third kappa shape index (κ3) is 5.13. The molecule has 0 unspecified atom stereocenters. The fourth-order valence-corrected chi connectivity index (χ4v) is 6.20. The first kappa shape index (κ1) is 22.3. The molecule has 1 heterocycles. The molecule has 0 radical (unpaired) electrons. The van der Waals surface area contributed by atoms with Crippen molar-refractivity contribution in [2.75, 3.05) is 26.7 Å². The fourth-order valence-electron chi connectivity index (χ4n) is 4.94. The monoisotopic (exact) mass is 442 g/mol. The Morgan fingerprint density at radius 3 is 2.10 bits per heavy atom. The van der Waals surface area contributed by atoms with Gasteiger partial charge in [0.25, 0.3) is 0 Å². The molecule has 0 aromatic heterocycles. The third-order valence-corrected chi connectivity index (χ3v) is 8.66. The number of rotatable bonds is 6. The molecule has 168 valence electrons. The van der Waals surface area contributed by atoms with Gasteiger partial charge < -0.3 is 4.74 Å². The molecule has 0 spiro atoms. The summed E-state index contributed by atoms with van der Waals surface area (Å²) in [5, 5.41) is 0. The molecule has 4 rings (SSSR count). The molecule has 0 N–H and O–H groups in total. The highest BCUT2D eigenvalue weighted by Gasteiger charge is 2.29. The molecule has 1 aliphatic carbocycles. The minimum atomic E-state index is -3.52. The maximum absolute atomic E-state index is 12.9. The maximum Gasteiger partial charge on any atom is 0.206 e. The highest BCUT2D eigenvalue weighted by molar-refractivity contribution is 7.91. The second-order valence-corrected chi connectivity index (χ2v) is 10.9. The summed E-state index contributed by atoms with van der Waals surface area (Å²) in [7, 11) is -1.95. The zero-order chi connectivity index (χ0) is 21.8. The van der Waals surface area contributed by atoms with Crippen molar-refractivity contribution in [1.82, 2.24) is 9.80 Å². The van der Waals surface area contributed by atoms with E-state index in [1.54, 1.807) is 43.5 Å². The number of benzene rings is 2. The Bertz CT molecular complexity index is 951. The molecular weight excluding hydrogens is 408 g/mol. The molecule has 2 aromatic rings. The molecule has 31 heavy (non-hydrogen) atoms. The Labute approximate surface area is 186 Å². The van der Waals surface area contributed by atoms with E-state index in [9.17, 15) is 8.42 Å². The predicted octanol–water partition coefficient (Wildman–Crippen LogP) is 4.37. The second-order valence-electron chi connectivity index (χ2n) is 8.93. The molecule has 1 aliphatic heterocycles. The van der Waals surface area contributed by atoms with Crippen LogP contribution in [0.15, 0.2) is 58.3 Å². The molecule has 2 fully saturated rings.